The minimum atomic E-state index is -0.104. The number of benzene rings is 1. The summed E-state index contributed by atoms with van der Waals surface area (Å²) in [4.78, 5) is 9.00. The number of hydrogen-bond donors (Lipinski definition) is 1. The number of rotatable bonds is 2. The van der Waals surface area contributed by atoms with Crippen LogP contribution in [0.3, 0.4) is 0 Å². The van der Waals surface area contributed by atoms with Gasteiger partial charge in [0.2, 0.25) is 0 Å². The van der Waals surface area contributed by atoms with E-state index in [2.05, 4.69) is 74.6 Å². The van der Waals surface area contributed by atoms with Gasteiger partial charge in [0.15, 0.2) is 0 Å². The monoisotopic (exact) mass is 465 g/mol. The van der Waals surface area contributed by atoms with Gasteiger partial charge >= 0.3 is 0 Å². The van der Waals surface area contributed by atoms with Crippen molar-refractivity contribution in [1.82, 2.24) is 9.97 Å². The van der Waals surface area contributed by atoms with Crippen LogP contribution < -0.4 is 5.32 Å². The lowest BCUT2D eigenvalue weighted by Crippen LogP contribution is -2.17. The summed E-state index contributed by atoms with van der Waals surface area (Å²) in [6.45, 7) is 6.26. The molecule has 2 rings (SSSR count). The topological polar surface area (TPSA) is 37.8 Å². The third-order valence-electron chi connectivity index (χ3n) is 2.56. The molecule has 0 aliphatic carbocycles. The van der Waals surface area contributed by atoms with Gasteiger partial charge in [-0.3, -0.25) is 0 Å². The summed E-state index contributed by atoms with van der Waals surface area (Å²) in [6, 6.07) is 7.56. The molecule has 0 saturated carbocycles. The Kier molecular flexibility index (Phi) is 4.92. The lowest BCUT2D eigenvalue weighted by molar-refractivity contribution is 0.544. The van der Waals surface area contributed by atoms with Gasteiger partial charge in [-0.15, -0.1) is 0 Å². The zero-order chi connectivity index (χ0) is 14.9. The summed E-state index contributed by atoms with van der Waals surface area (Å²) >= 11 is 11.6. The molecule has 2 aromatic rings. The average molecular weight is 467 g/mol. The van der Waals surface area contributed by atoms with Crippen LogP contribution in [0.4, 0.5) is 11.5 Å². The van der Waals surface area contributed by atoms with E-state index in [1.54, 1.807) is 0 Å². The number of halogens is 3. The van der Waals surface area contributed by atoms with Crippen LogP contribution in [0.25, 0.3) is 0 Å². The fraction of sp³-hybridized carbons (Fsp3) is 0.286. The molecule has 1 N–H and O–H groups in total. The summed E-state index contributed by atoms with van der Waals surface area (Å²) in [5, 5.41) is 4.03. The maximum Gasteiger partial charge on any atom is 0.137 e. The summed E-state index contributed by atoms with van der Waals surface area (Å²) in [7, 11) is 0. The zero-order valence-electron chi connectivity index (χ0n) is 11.3. The van der Waals surface area contributed by atoms with Crippen LogP contribution in [0.15, 0.2) is 28.9 Å². The molecule has 0 radical (unpaired) electrons. The van der Waals surface area contributed by atoms with Crippen LogP contribution in [0.1, 0.15) is 26.6 Å². The number of anilines is 2. The van der Waals surface area contributed by atoms with Crippen molar-refractivity contribution < 1.29 is 0 Å². The lowest BCUT2D eigenvalue weighted by Gasteiger charge is -2.18. The molecule has 20 heavy (non-hydrogen) atoms. The van der Waals surface area contributed by atoms with Gasteiger partial charge in [0.25, 0.3) is 0 Å². The predicted molar refractivity (Wildman–Crippen MR) is 95.9 cm³/mol. The molecule has 0 unspecified atom stereocenters. The molecule has 1 aromatic carbocycles. The van der Waals surface area contributed by atoms with Crippen molar-refractivity contribution in [1.29, 1.82) is 0 Å². The molecule has 1 heterocycles. The van der Waals surface area contributed by atoms with Gasteiger partial charge < -0.3 is 5.32 Å². The normalized spacial score (nSPS) is 11.5. The number of hydrogen-bond acceptors (Lipinski definition) is 3. The van der Waals surface area contributed by atoms with E-state index in [1.807, 2.05) is 24.3 Å². The summed E-state index contributed by atoms with van der Waals surface area (Å²) in [5.74, 6) is 1.55. The molecule has 0 fully saturated rings. The second-order valence-corrected chi connectivity index (χ2v) is 7.81. The van der Waals surface area contributed by atoms with Gasteiger partial charge in [0.1, 0.15) is 16.2 Å². The van der Waals surface area contributed by atoms with Gasteiger partial charge in [-0.2, -0.15) is 0 Å². The zero-order valence-corrected chi connectivity index (χ0v) is 15.8. The standard InChI is InChI=1S/C14H14BrClIN3/c1-14(2,3)13-19-11(15)7-12(20-13)18-10-5-4-8(16)6-9(10)17/h4-7H,1-3H3,(H,18,19,20). The first kappa shape index (κ1) is 16.0. The first-order valence-electron chi connectivity index (χ1n) is 6.03. The Hall–Kier alpha value is -0.400. The molecule has 0 atom stereocenters. The van der Waals surface area contributed by atoms with Crippen molar-refractivity contribution in [2.45, 2.75) is 26.2 Å². The molecule has 1 aromatic heterocycles. The van der Waals surface area contributed by atoms with Crippen molar-refractivity contribution in [3.63, 3.8) is 0 Å². The molecule has 0 aliphatic rings. The predicted octanol–water partition coefficient (Wildman–Crippen LogP) is 5.54. The van der Waals surface area contributed by atoms with Crippen molar-refractivity contribution >= 4 is 61.6 Å². The molecule has 0 saturated heterocycles. The highest BCUT2D eigenvalue weighted by Gasteiger charge is 2.19. The van der Waals surface area contributed by atoms with Crippen LogP contribution >= 0.6 is 50.1 Å². The second kappa shape index (κ2) is 6.15. The third-order valence-corrected chi connectivity index (χ3v) is 4.09. The SMILES string of the molecule is CC(C)(C)c1nc(Br)cc(Nc2ccc(Cl)cc2I)n1. The van der Waals surface area contributed by atoms with Crippen molar-refractivity contribution in [2.75, 3.05) is 5.32 Å². The fourth-order valence-corrected chi connectivity index (χ4v) is 2.94. The highest BCUT2D eigenvalue weighted by atomic mass is 127. The maximum atomic E-state index is 5.96. The number of nitrogens with zero attached hydrogens (tertiary/aromatic N) is 2. The van der Waals surface area contributed by atoms with Gasteiger partial charge in [-0.1, -0.05) is 32.4 Å². The van der Waals surface area contributed by atoms with E-state index < -0.39 is 0 Å². The molecular formula is C14H14BrClIN3. The highest BCUT2D eigenvalue weighted by Crippen LogP contribution is 2.27. The van der Waals surface area contributed by atoms with Crippen LogP contribution in [-0.2, 0) is 5.41 Å². The Morgan fingerprint density at radius 2 is 1.90 bits per heavy atom. The molecule has 3 nitrogen and oxygen atoms in total. The largest absolute Gasteiger partial charge is 0.339 e. The molecule has 6 heteroatoms. The quantitative estimate of drug-likeness (QED) is 0.467. The Balaban J connectivity index is 2.36. The molecule has 0 amide bonds. The van der Waals surface area contributed by atoms with Crippen molar-refractivity contribution in [3.05, 3.63) is 43.3 Å². The van der Waals surface area contributed by atoms with Gasteiger partial charge in [-0.25, -0.2) is 9.97 Å². The minimum Gasteiger partial charge on any atom is -0.339 e. The summed E-state index contributed by atoms with van der Waals surface area (Å²) < 4.78 is 1.81. The van der Waals surface area contributed by atoms with E-state index in [9.17, 15) is 0 Å². The van der Waals surface area contributed by atoms with Gasteiger partial charge in [-0.05, 0) is 56.7 Å². The molecular weight excluding hydrogens is 452 g/mol. The van der Waals surface area contributed by atoms with Crippen LogP contribution in [0.5, 0.6) is 0 Å². The van der Waals surface area contributed by atoms with E-state index in [4.69, 9.17) is 11.6 Å². The molecule has 0 aliphatic heterocycles. The average Bonchev–Trinajstić information content (AvgIpc) is 2.31. The van der Waals surface area contributed by atoms with Crippen LogP contribution in [0.2, 0.25) is 5.02 Å². The molecule has 0 bridgehead atoms. The minimum absolute atomic E-state index is 0.104. The Morgan fingerprint density at radius 3 is 2.50 bits per heavy atom. The second-order valence-electron chi connectivity index (χ2n) is 5.40. The summed E-state index contributed by atoms with van der Waals surface area (Å²) in [5.41, 5.74) is 0.869. The van der Waals surface area contributed by atoms with Gasteiger partial charge in [0, 0.05) is 20.1 Å². The Labute approximate surface area is 145 Å². The van der Waals surface area contributed by atoms with E-state index in [1.165, 1.54) is 0 Å². The molecule has 106 valence electrons. The van der Waals surface area contributed by atoms with E-state index in [-0.39, 0.29) is 5.41 Å². The number of nitrogens with one attached hydrogen (secondary N) is 1. The van der Waals surface area contributed by atoms with E-state index >= 15 is 0 Å². The van der Waals surface area contributed by atoms with Crippen LogP contribution in [0, 0.1) is 3.57 Å². The maximum absolute atomic E-state index is 5.96. The molecule has 0 spiro atoms. The van der Waals surface area contributed by atoms with Crippen molar-refractivity contribution in [3.8, 4) is 0 Å². The fourth-order valence-electron chi connectivity index (χ4n) is 1.55. The first-order valence-corrected chi connectivity index (χ1v) is 8.28. The third kappa shape index (κ3) is 4.05. The van der Waals surface area contributed by atoms with E-state index in [0.29, 0.717) is 0 Å². The first-order chi connectivity index (χ1) is 9.25. The Bertz CT molecular complexity index is 641. The number of aromatic nitrogens is 2. The van der Waals surface area contributed by atoms with Gasteiger partial charge in [0.05, 0.1) is 5.69 Å². The van der Waals surface area contributed by atoms with Crippen LogP contribution in [-0.4, -0.2) is 9.97 Å². The smallest absolute Gasteiger partial charge is 0.137 e. The lowest BCUT2D eigenvalue weighted by atomic mass is 9.96. The highest BCUT2D eigenvalue weighted by molar-refractivity contribution is 14.1. The summed E-state index contributed by atoms with van der Waals surface area (Å²) in [6.07, 6.45) is 0. The van der Waals surface area contributed by atoms with E-state index in [0.717, 1.165) is 30.5 Å². The Morgan fingerprint density at radius 1 is 1.20 bits per heavy atom. The van der Waals surface area contributed by atoms with Crippen molar-refractivity contribution in [2.24, 2.45) is 0 Å².